The van der Waals surface area contributed by atoms with Crippen LogP contribution in [0.5, 0.6) is 17.2 Å². The molecule has 0 saturated heterocycles. The first-order chi connectivity index (χ1) is 12.5. The number of methoxy groups -OCH3 is 1. The minimum absolute atomic E-state index is 0.106. The zero-order valence-corrected chi connectivity index (χ0v) is 14.1. The summed E-state index contributed by atoms with van der Waals surface area (Å²) in [6.45, 7) is 0.106. The summed E-state index contributed by atoms with van der Waals surface area (Å²) in [6, 6.07) is 10.1. The van der Waals surface area contributed by atoms with Gasteiger partial charge in [-0.25, -0.2) is 4.79 Å². The predicted molar refractivity (Wildman–Crippen MR) is 94.3 cm³/mol. The van der Waals surface area contributed by atoms with Gasteiger partial charge in [0.25, 0.3) is 0 Å². The van der Waals surface area contributed by atoms with Crippen molar-refractivity contribution < 1.29 is 24.1 Å². The lowest BCUT2D eigenvalue weighted by Crippen LogP contribution is -2.21. The number of carboxylic acid groups (broad SMARTS) is 1. The maximum absolute atomic E-state index is 12.9. The van der Waals surface area contributed by atoms with E-state index in [0.717, 1.165) is 0 Å². The summed E-state index contributed by atoms with van der Waals surface area (Å²) >= 11 is 0. The van der Waals surface area contributed by atoms with Gasteiger partial charge in [0.05, 0.1) is 23.7 Å². The molecule has 0 radical (unpaired) electrons. The molecule has 7 nitrogen and oxygen atoms in total. The summed E-state index contributed by atoms with van der Waals surface area (Å²) in [6.07, 6.45) is 0. The Morgan fingerprint density at radius 3 is 2.69 bits per heavy atom. The van der Waals surface area contributed by atoms with Gasteiger partial charge >= 0.3 is 5.97 Å². The first-order valence-corrected chi connectivity index (χ1v) is 7.86. The fraction of sp³-hybridized carbons (Fsp3) is 0.158. The number of benzene rings is 2. The first-order valence-electron chi connectivity index (χ1n) is 7.86. The van der Waals surface area contributed by atoms with Crippen LogP contribution in [0.3, 0.4) is 0 Å². The molecule has 2 heterocycles. The van der Waals surface area contributed by atoms with Crippen LogP contribution in [0.1, 0.15) is 10.4 Å². The topological polar surface area (TPSA) is 87.0 Å². The standard InChI is InChI=1S/C19H15NO6/c1-20-16(10-6-7-12-14(8-10)26-9-25-12)15(19(22)23)18(21)11-4-3-5-13(24-2)17(11)20/h3-8H,9H2,1-2H3,(H,22,23). The maximum Gasteiger partial charge on any atom is 0.341 e. The smallest absolute Gasteiger partial charge is 0.341 e. The van der Waals surface area contributed by atoms with Gasteiger partial charge in [-0.2, -0.15) is 0 Å². The third-order valence-corrected chi connectivity index (χ3v) is 4.46. The third kappa shape index (κ3) is 2.21. The molecule has 0 unspecified atom stereocenters. The number of nitrogens with zero attached hydrogens (tertiary/aromatic N) is 1. The van der Waals surface area contributed by atoms with Gasteiger partial charge in [0.15, 0.2) is 11.5 Å². The highest BCUT2D eigenvalue weighted by atomic mass is 16.7. The van der Waals surface area contributed by atoms with Gasteiger partial charge in [0.2, 0.25) is 12.2 Å². The molecule has 26 heavy (non-hydrogen) atoms. The molecule has 3 aromatic rings. The quantitative estimate of drug-likeness (QED) is 0.779. The largest absolute Gasteiger partial charge is 0.495 e. The van der Waals surface area contributed by atoms with Gasteiger partial charge in [-0.05, 0) is 30.3 Å². The number of ether oxygens (including phenoxy) is 3. The normalized spacial score (nSPS) is 12.4. The number of para-hydroxylation sites is 1. The fourth-order valence-electron chi connectivity index (χ4n) is 3.32. The average molecular weight is 353 g/mol. The van der Waals surface area contributed by atoms with Crippen LogP contribution in [-0.4, -0.2) is 29.5 Å². The van der Waals surface area contributed by atoms with E-state index in [0.29, 0.717) is 28.3 Å². The van der Waals surface area contributed by atoms with Gasteiger partial charge < -0.3 is 23.9 Å². The first kappa shape index (κ1) is 16.0. The summed E-state index contributed by atoms with van der Waals surface area (Å²) < 4.78 is 17.7. The van der Waals surface area contributed by atoms with E-state index in [1.54, 1.807) is 48.0 Å². The molecule has 1 N–H and O–H groups in total. The van der Waals surface area contributed by atoms with Crippen LogP contribution in [0.2, 0.25) is 0 Å². The van der Waals surface area contributed by atoms with Gasteiger partial charge in [-0.3, -0.25) is 4.79 Å². The molecule has 2 aromatic carbocycles. The van der Waals surface area contributed by atoms with Crippen molar-refractivity contribution in [3.63, 3.8) is 0 Å². The Labute approximate surface area is 148 Å². The molecule has 7 heteroatoms. The van der Waals surface area contributed by atoms with Crippen LogP contribution < -0.4 is 19.6 Å². The number of fused-ring (bicyclic) bond motifs is 2. The number of pyridine rings is 1. The average Bonchev–Trinajstić information content (AvgIpc) is 3.11. The number of aromatic nitrogens is 1. The summed E-state index contributed by atoms with van der Waals surface area (Å²) in [7, 11) is 3.21. The maximum atomic E-state index is 12.9. The fourth-order valence-corrected chi connectivity index (χ4v) is 3.32. The summed E-state index contributed by atoms with van der Waals surface area (Å²) in [5.41, 5.74) is 0.485. The lowest BCUT2D eigenvalue weighted by molar-refractivity contribution is 0.0696. The van der Waals surface area contributed by atoms with Crippen molar-refractivity contribution in [2.75, 3.05) is 13.9 Å². The number of rotatable bonds is 3. The van der Waals surface area contributed by atoms with E-state index in [1.807, 2.05) is 0 Å². The Morgan fingerprint density at radius 1 is 1.19 bits per heavy atom. The number of carboxylic acids is 1. The number of aromatic carboxylic acids is 1. The number of aryl methyl sites for hydroxylation is 1. The molecular weight excluding hydrogens is 338 g/mol. The zero-order chi connectivity index (χ0) is 18.4. The zero-order valence-electron chi connectivity index (χ0n) is 14.1. The van der Waals surface area contributed by atoms with Gasteiger partial charge in [-0.15, -0.1) is 0 Å². The third-order valence-electron chi connectivity index (χ3n) is 4.46. The van der Waals surface area contributed by atoms with Crippen LogP contribution in [0.25, 0.3) is 22.2 Å². The van der Waals surface area contributed by atoms with Crippen molar-refractivity contribution in [3.8, 4) is 28.5 Å². The van der Waals surface area contributed by atoms with E-state index in [9.17, 15) is 14.7 Å². The summed E-state index contributed by atoms with van der Waals surface area (Å²) in [5, 5.41) is 10.00. The molecule has 1 aliphatic heterocycles. The Hall–Kier alpha value is -3.48. The van der Waals surface area contributed by atoms with Crippen LogP contribution in [0, 0.1) is 0 Å². The van der Waals surface area contributed by atoms with Crippen molar-refractivity contribution in [2.24, 2.45) is 7.05 Å². The molecule has 132 valence electrons. The molecule has 0 aliphatic carbocycles. The molecule has 0 fully saturated rings. The van der Waals surface area contributed by atoms with Crippen LogP contribution >= 0.6 is 0 Å². The van der Waals surface area contributed by atoms with E-state index in [4.69, 9.17) is 14.2 Å². The minimum Gasteiger partial charge on any atom is -0.495 e. The molecule has 0 amide bonds. The number of hydrogen-bond donors (Lipinski definition) is 1. The predicted octanol–water partition coefficient (Wildman–Crippen LogP) is 2.64. The monoisotopic (exact) mass is 353 g/mol. The minimum atomic E-state index is -1.29. The highest BCUT2D eigenvalue weighted by Crippen LogP contribution is 2.37. The second kappa shape index (κ2) is 5.80. The Bertz CT molecular complexity index is 1120. The van der Waals surface area contributed by atoms with E-state index in [2.05, 4.69) is 0 Å². The van der Waals surface area contributed by atoms with E-state index < -0.39 is 11.4 Å². The SMILES string of the molecule is COc1cccc2c(=O)c(C(=O)O)c(-c3ccc4c(c3)OCO4)n(C)c12. The second-order valence-electron chi connectivity index (χ2n) is 5.84. The highest BCUT2D eigenvalue weighted by Gasteiger charge is 2.25. The Balaban J connectivity index is 2.14. The van der Waals surface area contributed by atoms with Crippen molar-refractivity contribution in [1.29, 1.82) is 0 Å². The van der Waals surface area contributed by atoms with Crippen molar-refractivity contribution in [2.45, 2.75) is 0 Å². The van der Waals surface area contributed by atoms with E-state index in [-0.39, 0.29) is 23.4 Å². The lowest BCUT2D eigenvalue weighted by atomic mass is 10.0. The van der Waals surface area contributed by atoms with Gasteiger partial charge in [0, 0.05) is 12.6 Å². The highest BCUT2D eigenvalue weighted by molar-refractivity contribution is 6.01. The molecule has 0 saturated carbocycles. The molecule has 0 atom stereocenters. The molecule has 0 bridgehead atoms. The van der Waals surface area contributed by atoms with Crippen molar-refractivity contribution >= 4 is 16.9 Å². The van der Waals surface area contributed by atoms with Crippen molar-refractivity contribution in [3.05, 3.63) is 52.2 Å². The number of hydrogen-bond acceptors (Lipinski definition) is 5. The van der Waals surface area contributed by atoms with Crippen LogP contribution in [-0.2, 0) is 7.05 Å². The molecule has 4 rings (SSSR count). The second-order valence-corrected chi connectivity index (χ2v) is 5.84. The molecule has 1 aromatic heterocycles. The van der Waals surface area contributed by atoms with E-state index in [1.165, 1.54) is 7.11 Å². The molecular formula is C19H15NO6. The van der Waals surface area contributed by atoms with Gasteiger partial charge in [0.1, 0.15) is 11.3 Å². The van der Waals surface area contributed by atoms with Gasteiger partial charge in [-0.1, -0.05) is 6.07 Å². The Morgan fingerprint density at radius 2 is 1.96 bits per heavy atom. The van der Waals surface area contributed by atoms with Crippen molar-refractivity contribution in [1.82, 2.24) is 4.57 Å². The molecule has 0 spiro atoms. The van der Waals surface area contributed by atoms with E-state index >= 15 is 0 Å². The number of carbonyl (C=O) groups is 1. The summed E-state index contributed by atoms with van der Waals surface area (Å²) in [4.78, 5) is 24.8. The van der Waals surface area contributed by atoms with Crippen LogP contribution in [0.4, 0.5) is 0 Å². The lowest BCUT2D eigenvalue weighted by Gasteiger charge is -2.17. The summed E-state index contributed by atoms with van der Waals surface area (Å²) in [5.74, 6) is 0.282. The Kier molecular flexibility index (Phi) is 3.57. The molecule has 1 aliphatic rings. The van der Waals surface area contributed by atoms with Crippen LogP contribution in [0.15, 0.2) is 41.2 Å².